The van der Waals surface area contributed by atoms with Crippen LogP contribution in [0.4, 0.5) is 0 Å². The SMILES string of the molecule is Cc1nn(C)c(C)c1[C@@H]1C(C#N)=C(N)OC2=C1C(=O)CCC2. The van der Waals surface area contributed by atoms with Gasteiger partial charge in [-0.15, -0.1) is 0 Å². The highest BCUT2D eigenvalue weighted by atomic mass is 16.5. The monoisotopic (exact) mass is 298 g/mol. The van der Waals surface area contributed by atoms with Crippen LogP contribution in [-0.4, -0.2) is 15.6 Å². The van der Waals surface area contributed by atoms with E-state index in [0.717, 1.165) is 23.4 Å². The van der Waals surface area contributed by atoms with Gasteiger partial charge in [0.2, 0.25) is 5.88 Å². The van der Waals surface area contributed by atoms with Crippen molar-refractivity contribution in [1.82, 2.24) is 9.78 Å². The average Bonchev–Trinajstić information content (AvgIpc) is 2.71. The molecule has 2 aliphatic rings. The molecule has 0 spiro atoms. The molecule has 0 amide bonds. The molecular weight excluding hydrogens is 280 g/mol. The third-order valence-electron chi connectivity index (χ3n) is 4.46. The number of carbonyl (C=O) groups is 1. The summed E-state index contributed by atoms with van der Waals surface area (Å²) in [4.78, 5) is 12.5. The van der Waals surface area contributed by atoms with Gasteiger partial charge in [-0.1, -0.05) is 0 Å². The molecule has 1 aromatic heterocycles. The van der Waals surface area contributed by atoms with E-state index in [1.807, 2.05) is 20.9 Å². The number of hydrogen-bond donors (Lipinski definition) is 1. The van der Waals surface area contributed by atoms with Gasteiger partial charge in [-0.3, -0.25) is 9.48 Å². The van der Waals surface area contributed by atoms with Gasteiger partial charge in [-0.2, -0.15) is 10.4 Å². The second-order valence-electron chi connectivity index (χ2n) is 5.75. The highest BCUT2D eigenvalue weighted by Gasteiger charge is 2.40. The summed E-state index contributed by atoms with van der Waals surface area (Å²) in [5.74, 6) is 0.286. The number of allylic oxidation sites excluding steroid dienone is 3. The summed E-state index contributed by atoms with van der Waals surface area (Å²) in [6.45, 7) is 3.82. The van der Waals surface area contributed by atoms with Gasteiger partial charge < -0.3 is 10.5 Å². The minimum absolute atomic E-state index is 0.0363. The number of nitriles is 1. The van der Waals surface area contributed by atoms with E-state index in [9.17, 15) is 10.1 Å². The summed E-state index contributed by atoms with van der Waals surface area (Å²) in [6, 6.07) is 2.13. The zero-order valence-electron chi connectivity index (χ0n) is 12.9. The lowest BCUT2D eigenvalue weighted by Crippen LogP contribution is -2.28. The van der Waals surface area contributed by atoms with Gasteiger partial charge in [0.25, 0.3) is 0 Å². The van der Waals surface area contributed by atoms with Gasteiger partial charge in [0.1, 0.15) is 17.4 Å². The lowest BCUT2D eigenvalue weighted by Gasteiger charge is -2.31. The number of Topliss-reactive ketones (excluding diaryl/α,β-unsaturated/α-hetero) is 1. The lowest BCUT2D eigenvalue weighted by atomic mass is 9.77. The van der Waals surface area contributed by atoms with Crippen molar-refractivity contribution in [3.8, 4) is 6.07 Å². The molecule has 0 bridgehead atoms. The van der Waals surface area contributed by atoms with Crippen molar-refractivity contribution in [3.63, 3.8) is 0 Å². The first-order valence-electron chi connectivity index (χ1n) is 7.29. The molecule has 0 aromatic carbocycles. The van der Waals surface area contributed by atoms with Crippen LogP contribution in [-0.2, 0) is 16.6 Å². The van der Waals surface area contributed by atoms with Gasteiger partial charge in [0.05, 0.1) is 11.6 Å². The van der Waals surface area contributed by atoms with Crippen molar-refractivity contribution in [3.05, 3.63) is 39.7 Å². The van der Waals surface area contributed by atoms with Gasteiger partial charge in [-0.25, -0.2) is 0 Å². The van der Waals surface area contributed by atoms with Crippen LogP contribution in [0.15, 0.2) is 22.8 Å². The van der Waals surface area contributed by atoms with Crippen LogP contribution in [0.2, 0.25) is 0 Å². The molecule has 1 aliphatic heterocycles. The smallest absolute Gasteiger partial charge is 0.205 e. The predicted molar refractivity (Wildman–Crippen MR) is 79.2 cm³/mol. The number of ether oxygens (including phenoxy) is 1. The zero-order valence-corrected chi connectivity index (χ0v) is 12.9. The highest BCUT2D eigenvalue weighted by Crippen LogP contribution is 2.44. The predicted octanol–water partition coefficient (Wildman–Crippen LogP) is 1.85. The summed E-state index contributed by atoms with van der Waals surface area (Å²) < 4.78 is 7.33. The summed E-state index contributed by atoms with van der Waals surface area (Å²) in [5.41, 5.74) is 9.43. The summed E-state index contributed by atoms with van der Waals surface area (Å²) >= 11 is 0. The summed E-state index contributed by atoms with van der Waals surface area (Å²) in [5, 5.41) is 13.9. The van der Waals surface area contributed by atoms with Crippen molar-refractivity contribution in [2.75, 3.05) is 0 Å². The van der Waals surface area contributed by atoms with E-state index in [0.29, 0.717) is 29.7 Å². The van der Waals surface area contributed by atoms with Crippen molar-refractivity contribution < 1.29 is 9.53 Å². The Morgan fingerprint density at radius 1 is 1.41 bits per heavy atom. The zero-order chi connectivity index (χ0) is 16.0. The van der Waals surface area contributed by atoms with E-state index >= 15 is 0 Å². The highest BCUT2D eigenvalue weighted by molar-refractivity contribution is 5.99. The Morgan fingerprint density at radius 2 is 2.14 bits per heavy atom. The van der Waals surface area contributed by atoms with E-state index in [-0.39, 0.29) is 11.7 Å². The van der Waals surface area contributed by atoms with Crippen LogP contribution >= 0.6 is 0 Å². The van der Waals surface area contributed by atoms with Crippen LogP contribution < -0.4 is 5.73 Å². The Hall–Kier alpha value is -2.55. The standard InChI is InChI=1S/C16H18N4O2/c1-8-13(9(2)20(3)19-8)14-10(7-17)16(18)22-12-6-4-5-11(21)15(12)14/h14H,4-6,18H2,1-3H3/t14-/m0/s1. The third kappa shape index (κ3) is 1.93. The Kier molecular flexibility index (Phi) is 3.28. The molecule has 0 unspecified atom stereocenters. The Bertz CT molecular complexity index is 777. The molecule has 1 atom stereocenters. The van der Waals surface area contributed by atoms with E-state index in [2.05, 4.69) is 11.2 Å². The normalized spacial score (nSPS) is 21.5. The van der Waals surface area contributed by atoms with E-state index in [4.69, 9.17) is 10.5 Å². The van der Waals surface area contributed by atoms with Gasteiger partial charge in [-0.05, 0) is 20.3 Å². The molecule has 0 radical (unpaired) electrons. The van der Waals surface area contributed by atoms with Crippen molar-refractivity contribution >= 4 is 5.78 Å². The van der Waals surface area contributed by atoms with Crippen molar-refractivity contribution in [2.45, 2.75) is 39.0 Å². The summed E-state index contributed by atoms with van der Waals surface area (Å²) in [6.07, 6.45) is 1.91. The molecule has 0 saturated carbocycles. The first kappa shape index (κ1) is 14.4. The average molecular weight is 298 g/mol. The van der Waals surface area contributed by atoms with Crippen LogP contribution in [0.5, 0.6) is 0 Å². The number of rotatable bonds is 1. The Morgan fingerprint density at radius 3 is 2.73 bits per heavy atom. The maximum atomic E-state index is 12.5. The molecule has 114 valence electrons. The Labute approximate surface area is 128 Å². The number of aromatic nitrogens is 2. The maximum absolute atomic E-state index is 12.5. The molecule has 2 heterocycles. The first-order chi connectivity index (χ1) is 10.5. The molecular formula is C16H18N4O2. The fourth-order valence-electron chi connectivity index (χ4n) is 3.35. The second kappa shape index (κ2) is 5.02. The largest absolute Gasteiger partial charge is 0.444 e. The number of nitrogens with two attached hydrogens (primary N) is 1. The number of nitrogens with zero attached hydrogens (tertiary/aromatic N) is 3. The Balaban J connectivity index is 2.27. The van der Waals surface area contributed by atoms with Crippen LogP contribution in [0, 0.1) is 25.2 Å². The first-order valence-corrected chi connectivity index (χ1v) is 7.29. The quantitative estimate of drug-likeness (QED) is 0.854. The van der Waals surface area contributed by atoms with E-state index in [1.165, 1.54) is 0 Å². The van der Waals surface area contributed by atoms with Crippen LogP contribution in [0.25, 0.3) is 0 Å². The number of aryl methyl sites for hydroxylation is 2. The molecule has 2 N–H and O–H groups in total. The van der Waals surface area contributed by atoms with Crippen LogP contribution in [0.1, 0.15) is 42.1 Å². The topological polar surface area (TPSA) is 93.9 Å². The maximum Gasteiger partial charge on any atom is 0.205 e. The third-order valence-corrected chi connectivity index (χ3v) is 4.46. The lowest BCUT2D eigenvalue weighted by molar-refractivity contribution is -0.116. The van der Waals surface area contributed by atoms with E-state index in [1.54, 1.807) is 4.68 Å². The molecule has 22 heavy (non-hydrogen) atoms. The number of hydrogen-bond acceptors (Lipinski definition) is 5. The number of ketones is 1. The van der Waals surface area contributed by atoms with Crippen LogP contribution in [0.3, 0.4) is 0 Å². The fraction of sp³-hybridized carbons (Fsp3) is 0.438. The van der Waals surface area contributed by atoms with Crippen molar-refractivity contribution in [2.24, 2.45) is 12.8 Å². The molecule has 6 nitrogen and oxygen atoms in total. The molecule has 0 fully saturated rings. The van der Waals surface area contributed by atoms with Crippen molar-refractivity contribution in [1.29, 1.82) is 5.26 Å². The minimum Gasteiger partial charge on any atom is -0.444 e. The fourth-order valence-corrected chi connectivity index (χ4v) is 3.35. The van der Waals surface area contributed by atoms with Gasteiger partial charge in [0, 0.05) is 36.7 Å². The molecule has 1 aromatic rings. The number of carbonyl (C=O) groups excluding carboxylic acids is 1. The second-order valence-corrected chi connectivity index (χ2v) is 5.75. The molecule has 0 saturated heterocycles. The minimum atomic E-state index is -0.463. The summed E-state index contributed by atoms with van der Waals surface area (Å²) in [7, 11) is 1.85. The van der Waals surface area contributed by atoms with E-state index < -0.39 is 5.92 Å². The van der Waals surface area contributed by atoms with Gasteiger partial charge >= 0.3 is 0 Å². The van der Waals surface area contributed by atoms with Gasteiger partial charge in [0.15, 0.2) is 5.78 Å². The molecule has 1 aliphatic carbocycles. The molecule has 3 rings (SSSR count). The molecule has 6 heteroatoms.